The van der Waals surface area contributed by atoms with E-state index >= 15 is 0 Å². The minimum Gasteiger partial charge on any atom is -0.436 e. The maximum Gasteiger partial charge on any atom is 0.224 e. The fourth-order valence-electron chi connectivity index (χ4n) is 1.61. The molecule has 1 heterocycles. The van der Waals surface area contributed by atoms with E-state index in [1.54, 1.807) is 7.05 Å². The van der Waals surface area contributed by atoms with Crippen molar-refractivity contribution in [3.8, 4) is 17.7 Å². The van der Waals surface area contributed by atoms with E-state index in [2.05, 4.69) is 15.3 Å². The highest BCUT2D eigenvalue weighted by atomic mass is 19.1. The van der Waals surface area contributed by atoms with E-state index < -0.39 is 5.82 Å². The Bertz CT molecular complexity index is 685. The average Bonchev–Trinajstić information content (AvgIpc) is 2.49. The number of rotatable bonds is 5. The van der Waals surface area contributed by atoms with E-state index in [9.17, 15) is 4.39 Å². The summed E-state index contributed by atoms with van der Waals surface area (Å²) in [6.45, 7) is 0.210. The first-order valence-electron chi connectivity index (χ1n) is 6.08. The molecule has 21 heavy (non-hydrogen) atoms. The van der Waals surface area contributed by atoms with Crippen LogP contribution in [-0.2, 0) is 11.3 Å². The van der Waals surface area contributed by atoms with Gasteiger partial charge in [-0.15, -0.1) is 0 Å². The molecular weight excluding hydrogens is 275 g/mol. The molecule has 0 saturated heterocycles. The normalized spacial score (nSPS) is 10.0. The molecule has 2 rings (SSSR count). The van der Waals surface area contributed by atoms with Crippen molar-refractivity contribution in [1.29, 1.82) is 5.26 Å². The van der Waals surface area contributed by atoms with Crippen LogP contribution in [0, 0.1) is 17.1 Å². The number of ether oxygens (including phenoxy) is 2. The van der Waals surface area contributed by atoms with Crippen LogP contribution in [0.1, 0.15) is 11.4 Å². The first-order valence-corrected chi connectivity index (χ1v) is 6.08. The van der Waals surface area contributed by atoms with Crippen molar-refractivity contribution in [3.63, 3.8) is 0 Å². The molecule has 0 radical (unpaired) electrons. The predicted molar refractivity (Wildman–Crippen MR) is 73.5 cm³/mol. The largest absolute Gasteiger partial charge is 0.436 e. The Labute approximate surface area is 121 Å². The van der Waals surface area contributed by atoms with Gasteiger partial charge in [0.05, 0.1) is 11.6 Å². The lowest BCUT2D eigenvalue weighted by Gasteiger charge is -2.09. The lowest BCUT2D eigenvalue weighted by Crippen LogP contribution is -2.03. The van der Waals surface area contributed by atoms with Gasteiger partial charge in [-0.3, -0.25) is 0 Å². The number of halogens is 1. The number of benzene rings is 1. The number of methoxy groups -OCH3 is 1. The van der Waals surface area contributed by atoms with Crippen LogP contribution < -0.4 is 10.1 Å². The predicted octanol–water partition coefficient (Wildman–Crippen LogP) is 2.47. The van der Waals surface area contributed by atoms with Gasteiger partial charge < -0.3 is 14.8 Å². The standard InChI is InChI=1S/C14H13FN4O2/c1-17-12-6-14(19-13(18-12)8-20-2)21-11-4-3-9(7-16)5-10(11)15/h3-6H,8H2,1-2H3,(H,17,18,19). The Morgan fingerprint density at radius 2 is 2.14 bits per heavy atom. The molecule has 6 nitrogen and oxygen atoms in total. The zero-order valence-electron chi connectivity index (χ0n) is 11.6. The minimum atomic E-state index is -0.632. The number of hydrogen-bond acceptors (Lipinski definition) is 6. The molecule has 2 aromatic rings. The molecule has 108 valence electrons. The highest BCUT2D eigenvalue weighted by Crippen LogP contribution is 2.25. The van der Waals surface area contributed by atoms with Gasteiger partial charge in [0, 0.05) is 20.2 Å². The summed E-state index contributed by atoms with van der Waals surface area (Å²) in [7, 11) is 3.22. The third-order valence-corrected chi connectivity index (χ3v) is 2.55. The Morgan fingerprint density at radius 1 is 1.33 bits per heavy atom. The lowest BCUT2D eigenvalue weighted by molar-refractivity contribution is 0.177. The van der Waals surface area contributed by atoms with Crippen LogP contribution >= 0.6 is 0 Å². The van der Waals surface area contributed by atoms with Crippen LogP contribution in [0.15, 0.2) is 24.3 Å². The summed E-state index contributed by atoms with van der Waals surface area (Å²) in [5, 5.41) is 11.6. The molecule has 0 aliphatic carbocycles. The van der Waals surface area contributed by atoms with E-state index in [0.717, 1.165) is 6.07 Å². The first-order chi connectivity index (χ1) is 10.2. The molecule has 0 saturated carbocycles. The molecule has 1 aromatic heterocycles. The topological polar surface area (TPSA) is 80.1 Å². The number of hydrogen-bond donors (Lipinski definition) is 1. The van der Waals surface area contributed by atoms with Crippen molar-refractivity contribution in [3.05, 3.63) is 41.5 Å². The Morgan fingerprint density at radius 3 is 2.76 bits per heavy atom. The van der Waals surface area contributed by atoms with Crippen molar-refractivity contribution >= 4 is 5.82 Å². The van der Waals surface area contributed by atoms with Gasteiger partial charge in [0.1, 0.15) is 12.4 Å². The Hall–Kier alpha value is -2.72. The zero-order chi connectivity index (χ0) is 15.2. The van der Waals surface area contributed by atoms with Crippen molar-refractivity contribution in [2.75, 3.05) is 19.5 Å². The number of anilines is 1. The Kier molecular flexibility index (Phi) is 4.64. The Balaban J connectivity index is 2.30. The molecule has 1 aromatic carbocycles. The number of nitriles is 1. The smallest absolute Gasteiger partial charge is 0.224 e. The molecular formula is C14H13FN4O2. The summed E-state index contributed by atoms with van der Waals surface area (Å²) in [6, 6.07) is 7.34. The van der Waals surface area contributed by atoms with Crippen LogP contribution in [-0.4, -0.2) is 24.1 Å². The van der Waals surface area contributed by atoms with Gasteiger partial charge in [0.15, 0.2) is 17.4 Å². The molecule has 0 amide bonds. The highest BCUT2D eigenvalue weighted by Gasteiger charge is 2.10. The maximum absolute atomic E-state index is 13.8. The number of nitrogens with zero attached hydrogens (tertiary/aromatic N) is 3. The van der Waals surface area contributed by atoms with E-state index in [4.69, 9.17) is 14.7 Å². The number of aromatic nitrogens is 2. The fourth-order valence-corrected chi connectivity index (χ4v) is 1.61. The fraction of sp³-hybridized carbons (Fsp3) is 0.214. The summed E-state index contributed by atoms with van der Waals surface area (Å²) >= 11 is 0. The maximum atomic E-state index is 13.8. The van der Waals surface area contributed by atoms with Crippen LogP contribution in [0.3, 0.4) is 0 Å². The summed E-state index contributed by atoms with van der Waals surface area (Å²) in [6.07, 6.45) is 0. The van der Waals surface area contributed by atoms with Crippen LogP contribution in [0.25, 0.3) is 0 Å². The molecule has 0 fully saturated rings. The number of nitrogens with one attached hydrogen (secondary N) is 1. The molecule has 7 heteroatoms. The second-order valence-electron chi connectivity index (χ2n) is 4.05. The first kappa shape index (κ1) is 14.7. The van der Waals surface area contributed by atoms with Gasteiger partial charge in [-0.25, -0.2) is 9.37 Å². The van der Waals surface area contributed by atoms with E-state index in [1.807, 2.05) is 6.07 Å². The molecule has 1 N–H and O–H groups in total. The van der Waals surface area contributed by atoms with Gasteiger partial charge in [0.2, 0.25) is 5.88 Å². The molecule has 0 unspecified atom stereocenters. The van der Waals surface area contributed by atoms with Crippen molar-refractivity contribution in [2.45, 2.75) is 6.61 Å². The summed E-state index contributed by atoms with van der Waals surface area (Å²) in [5.74, 6) is 0.476. The second-order valence-corrected chi connectivity index (χ2v) is 4.05. The average molecular weight is 288 g/mol. The summed E-state index contributed by atoms with van der Waals surface area (Å²) in [5.41, 5.74) is 0.221. The van der Waals surface area contributed by atoms with Crippen LogP contribution in [0.5, 0.6) is 11.6 Å². The van der Waals surface area contributed by atoms with Crippen LogP contribution in [0.2, 0.25) is 0 Å². The van der Waals surface area contributed by atoms with Gasteiger partial charge in [0.25, 0.3) is 0 Å². The second kappa shape index (κ2) is 6.63. The molecule has 0 aliphatic rings. The van der Waals surface area contributed by atoms with E-state index in [1.165, 1.54) is 25.3 Å². The van der Waals surface area contributed by atoms with Gasteiger partial charge in [-0.2, -0.15) is 10.2 Å². The summed E-state index contributed by atoms with van der Waals surface area (Å²) < 4.78 is 24.2. The van der Waals surface area contributed by atoms with E-state index in [0.29, 0.717) is 11.6 Å². The third-order valence-electron chi connectivity index (χ3n) is 2.55. The third kappa shape index (κ3) is 3.64. The molecule has 0 atom stereocenters. The van der Waals surface area contributed by atoms with Crippen molar-refractivity contribution in [2.24, 2.45) is 0 Å². The van der Waals surface area contributed by atoms with Gasteiger partial charge in [-0.1, -0.05) is 0 Å². The zero-order valence-corrected chi connectivity index (χ0v) is 11.6. The molecule has 0 aliphatic heterocycles. The van der Waals surface area contributed by atoms with Crippen molar-refractivity contribution < 1.29 is 13.9 Å². The van der Waals surface area contributed by atoms with Crippen LogP contribution in [0.4, 0.5) is 10.2 Å². The minimum absolute atomic E-state index is 0.0156. The molecule has 0 spiro atoms. The van der Waals surface area contributed by atoms with Gasteiger partial charge in [-0.05, 0) is 18.2 Å². The van der Waals surface area contributed by atoms with Crippen molar-refractivity contribution in [1.82, 2.24) is 9.97 Å². The monoisotopic (exact) mass is 288 g/mol. The SMILES string of the molecule is CNc1cc(Oc2ccc(C#N)cc2F)nc(COC)n1. The quantitative estimate of drug-likeness (QED) is 0.910. The summed E-state index contributed by atoms with van der Waals surface area (Å²) in [4.78, 5) is 8.29. The van der Waals surface area contributed by atoms with E-state index in [-0.39, 0.29) is 23.8 Å². The van der Waals surface area contributed by atoms with Gasteiger partial charge >= 0.3 is 0 Å². The lowest BCUT2D eigenvalue weighted by atomic mass is 10.2. The highest BCUT2D eigenvalue weighted by molar-refractivity contribution is 5.41. The molecule has 0 bridgehead atoms.